The van der Waals surface area contributed by atoms with Gasteiger partial charge < -0.3 is 10.4 Å². The van der Waals surface area contributed by atoms with E-state index in [0.717, 1.165) is 19.0 Å². The van der Waals surface area contributed by atoms with E-state index in [1.807, 2.05) is 7.05 Å². The standard InChI is InChI=1S/C14H20N2O4S/c1-15-10-3-11-16(2)21(19,20)13-7-4-12(5-8-13)6-9-14(17)18/h4-9,15H,3,10-11H2,1-2H3,(H,17,18)/b9-6+. The fraction of sp³-hybridized carbons (Fsp3) is 0.357. The summed E-state index contributed by atoms with van der Waals surface area (Å²) in [5, 5.41) is 11.5. The van der Waals surface area contributed by atoms with Crippen molar-refractivity contribution in [2.24, 2.45) is 0 Å². The fourth-order valence-corrected chi connectivity index (χ4v) is 2.91. The summed E-state index contributed by atoms with van der Waals surface area (Å²) in [5.41, 5.74) is 0.634. The van der Waals surface area contributed by atoms with Gasteiger partial charge in [-0.25, -0.2) is 17.5 Å². The number of hydrogen-bond donors (Lipinski definition) is 2. The molecule has 6 nitrogen and oxygen atoms in total. The first-order chi connectivity index (χ1) is 9.87. The number of carboxylic acid groups (broad SMARTS) is 1. The van der Waals surface area contributed by atoms with E-state index in [0.29, 0.717) is 12.1 Å². The van der Waals surface area contributed by atoms with Crippen LogP contribution in [0.4, 0.5) is 0 Å². The molecule has 0 amide bonds. The minimum atomic E-state index is -3.50. The van der Waals surface area contributed by atoms with E-state index in [1.54, 1.807) is 19.2 Å². The van der Waals surface area contributed by atoms with Crippen LogP contribution in [0.25, 0.3) is 6.08 Å². The number of nitrogens with one attached hydrogen (secondary N) is 1. The lowest BCUT2D eigenvalue weighted by Crippen LogP contribution is -2.29. The zero-order chi connectivity index (χ0) is 15.9. The molecular weight excluding hydrogens is 292 g/mol. The minimum Gasteiger partial charge on any atom is -0.478 e. The maximum absolute atomic E-state index is 12.3. The number of aliphatic carboxylic acids is 1. The molecule has 116 valence electrons. The predicted octanol–water partition coefficient (Wildman–Crippen LogP) is 1.01. The van der Waals surface area contributed by atoms with E-state index < -0.39 is 16.0 Å². The van der Waals surface area contributed by atoms with Crippen molar-refractivity contribution in [1.82, 2.24) is 9.62 Å². The van der Waals surface area contributed by atoms with Gasteiger partial charge in [-0.1, -0.05) is 12.1 Å². The number of rotatable bonds is 8. The van der Waals surface area contributed by atoms with Crippen molar-refractivity contribution in [3.63, 3.8) is 0 Å². The van der Waals surface area contributed by atoms with Gasteiger partial charge in [-0.2, -0.15) is 0 Å². The summed E-state index contributed by atoms with van der Waals surface area (Å²) in [6, 6.07) is 6.11. The van der Waals surface area contributed by atoms with Gasteiger partial charge >= 0.3 is 5.97 Å². The predicted molar refractivity (Wildman–Crippen MR) is 81.5 cm³/mol. The van der Waals surface area contributed by atoms with E-state index in [9.17, 15) is 13.2 Å². The van der Waals surface area contributed by atoms with Crippen LogP contribution in [-0.4, -0.2) is 51.0 Å². The molecule has 0 radical (unpaired) electrons. The van der Waals surface area contributed by atoms with E-state index in [4.69, 9.17) is 5.11 Å². The summed E-state index contributed by atoms with van der Waals surface area (Å²) in [7, 11) is -0.140. The molecule has 0 bridgehead atoms. The zero-order valence-corrected chi connectivity index (χ0v) is 12.9. The van der Waals surface area contributed by atoms with Crippen molar-refractivity contribution >= 4 is 22.1 Å². The quantitative estimate of drug-likeness (QED) is 0.553. The summed E-state index contributed by atoms with van der Waals surface area (Å²) in [5.74, 6) is -1.05. The third kappa shape index (κ3) is 5.30. The van der Waals surface area contributed by atoms with Crippen LogP contribution < -0.4 is 5.32 Å². The first-order valence-electron chi connectivity index (χ1n) is 6.50. The topological polar surface area (TPSA) is 86.7 Å². The van der Waals surface area contributed by atoms with E-state index in [1.165, 1.54) is 22.5 Å². The molecule has 0 fully saturated rings. The maximum atomic E-state index is 12.3. The maximum Gasteiger partial charge on any atom is 0.328 e. The van der Waals surface area contributed by atoms with Crippen LogP contribution in [0.15, 0.2) is 35.2 Å². The molecule has 0 aliphatic carbocycles. The van der Waals surface area contributed by atoms with Gasteiger partial charge in [-0.05, 0) is 43.8 Å². The highest BCUT2D eigenvalue weighted by molar-refractivity contribution is 7.89. The summed E-state index contributed by atoms with van der Waals surface area (Å²) >= 11 is 0. The molecular formula is C14H20N2O4S. The molecule has 0 heterocycles. The molecule has 1 rings (SSSR count). The van der Waals surface area contributed by atoms with E-state index in [2.05, 4.69) is 5.32 Å². The Kier molecular flexibility index (Phi) is 6.54. The van der Waals surface area contributed by atoms with Gasteiger partial charge in [0.05, 0.1) is 4.90 Å². The molecule has 7 heteroatoms. The van der Waals surface area contributed by atoms with Crippen molar-refractivity contribution < 1.29 is 18.3 Å². The van der Waals surface area contributed by atoms with Crippen LogP contribution in [-0.2, 0) is 14.8 Å². The first-order valence-corrected chi connectivity index (χ1v) is 7.94. The summed E-state index contributed by atoms with van der Waals surface area (Å²) in [4.78, 5) is 10.6. The largest absolute Gasteiger partial charge is 0.478 e. The minimum absolute atomic E-state index is 0.196. The molecule has 0 atom stereocenters. The number of hydrogen-bond acceptors (Lipinski definition) is 4. The second-order valence-electron chi connectivity index (χ2n) is 4.52. The Morgan fingerprint density at radius 2 is 1.95 bits per heavy atom. The monoisotopic (exact) mass is 312 g/mol. The normalized spacial score (nSPS) is 12.1. The van der Waals surface area contributed by atoms with E-state index in [-0.39, 0.29) is 4.90 Å². The van der Waals surface area contributed by atoms with Crippen LogP contribution >= 0.6 is 0 Å². The van der Waals surface area contributed by atoms with E-state index >= 15 is 0 Å². The second-order valence-corrected chi connectivity index (χ2v) is 6.57. The summed E-state index contributed by atoms with van der Waals surface area (Å²) in [6.45, 7) is 1.18. The van der Waals surface area contributed by atoms with Crippen molar-refractivity contribution in [2.75, 3.05) is 27.2 Å². The average molecular weight is 312 g/mol. The zero-order valence-electron chi connectivity index (χ0n) is 12.1. The first kappa shape index (κ1) is 17.4. The molecule has 0 unspecified atom stereocenters. The molecule has 1 aromatic carbocycles. The molecule has 0 aliphatic rings. The van der Waals surface area contributed by atoms with Gasteiger partial charge in [0.1, 0.15) is 0 Å². The Morgan fingerprint density at radius 1 is 1.33 bits per heavy atom. The third-order valence-electron chi connectivity index (χ3n) is 2.91. The van der Waals surface area contributed by atoms with Crippen molar-refractivity contribution in [3.8, 4) is 0 Å². The molecule has 0 aliphatic heterocycles. The Hall–Kier alpha value is -1.70. The van der Waals surface area contributed by atoms with Crippen molar-refractivity contribution in [3.05, 3.63) is 35.9 Å². The fourth-order valence-electron chi connectivity index (χ4n) is 1.70. The Bertz CT molecular complexity index is 594. The lowest BCUT2D eigenvalue weighted by molar-refractivity contribution is -0.131. The molecule has 1 aromatic rings. The highest BCUT2D eigenvalue weighted by Gasteiger charge is 2.19. The second kappa shape index (κ2) is 7.92. The summed E-state index contributed by atoms with van der Waals surface area (Å²) < 4.78 is 25.9. The number of nitrogens with zero attached hydrogens (tertiary/aromatic N) is 1. The van der Waals surface area contributed by atoms with Crippen LogP contribution in [0, 0.1) is 0 Å². The van der Waals surface area contributed by atoms with Crippen LogP contribution in [0.1, 0.15) is 12.0 Å². The SMILES string of the molecule is CNCCCN(C)S(=O)(=O)c1ccc(/C=C/C(=O)O)cc1. The lowest BCUT2D eigenvalue weighted by Gasteiger charge is -2.17. The Balaban J connectivity index is 2.82. The molecule has 21 heavy (non-hydrogen) atoms. The van der Waals surface area contributed by atoms with Gasteiger partial charge in [0.25, 0.3) is 0 Å². The number of benzene rings is 1. The van der Waals surface area contributed by atoms with Gasteiger partial charge in [0, 0.05) is 19.7 Å². The van der Waals surface area contributed by atoms with Crippen molar-refractivity contribution in [2.45, 2.75) is 11.3 Å². The Labute approximate surface area is 125 Å². The molecule has 0 aromatic heterocycles. The molecule has 0 saturated heterocycles. The smallest absolute Gasteiger partial charge is 0.328 e. The molecule has 2 N–H and O–H groups in total. The molecule has 0 saturated carbocycles. The number of carboxylic acids is 1. The summed E-state index contributed by atoms with van der Waals surface area (Å²) in [6.07, 6.45) is 3.15. The highest BCUT2D eigenvalue weighted by atomic mass is 32.2. The van der Waals surface area contributed by atoms with Crippen molar-refractivity contribution in [1.29, 1.82) is 0 Å². The highest BCUT2D eigenvalue weighted by Crippen LogP contribution is 2.16. The lowest BCUT2D eigenvalue weighted by atomic mass is 10.2. The van der Waals surface area contributed by atoms with Crippen LogP contribution in [0.3, 0.4) is 0 Å². The van der Waals surface area contributed by atoms with Crippen LogP contribution in [0.5, 0.6) is 0 Å². The van der Waals surface area contributed by atoms with Gasteiger partial charge in [-0.3, -0.25) is 0 Å². The van der Waals surface area contributed by atoms with Gasteiger partial charge in [0.2, 0.25) is 10.0 Å². The Morgan fingerprint density at radius 3 is 2.48 bits per heavy atom. The number of sulfonamides is 1. The average Bonchev–Trinajstić information content (AvgIpc) is 2.45. The van der Waals surface area contributed by atoms with Gasteiger partial charge in [-0.15, -0.1) is 0 Å². The third-order valence-corrected chi connectivity index (χ3v) is 4.78. The number of carbonyl (C=O) groups is 1. The van der Waals surface area contributed by atoms with Crippen LogP contribution in [0.2, 0.25) is 0 Å². The van der Waals surface area contributed by atoms with Gasteiger partial charge in [0.15, 0.2) is 0 Å². The molecule has 0 spiro atoms.